The summed E-state index contributed by atoms with van der Waals surface area (Å²) >= 11 is 0. The molecule has 0 aliphatic carbocycles. The van der Waals surface area contributed by atoms with Gasteiger partial charge in [-0.2, -0.15) is 0 Å². The Labute approximate surface area is 153 Å². The minimum Gasteiger partial charge on any atom is -0.497 e. The standard InChI is InChI=1S/C21H21N3O2/c1-15(16-7-4-3-5-8-16)23-19-11-17(13-22-14-19)21(25)24-18-9-6-10-20(12-18)26-2/h3-15,23H,1-2H3,(H,24,25). The molecule has 2 N–H and O–H groups in total. The summed E-state index contributed by atoms with van der Waals surface area (Å²) in [6.45, 7) is 2.07. The van der Waals surface area contributed by atoms with Crippen LogP contribution in [0.4, 0.5) is 11.4 Å². The maximum Gasteiger partial charge on any atom is 0.257 e. The molecule has 1 atom stereocenters. The van der Waals surface area contributed by atoms with E-state index < -0.39 is 0 Å². The second-order valence-corrected chi connectivity index (χ2v) is 5.93. The molecule has 0 spiro atoms. The van der Waals surface area contributed by atoms with Gasteiger partial charge in [-0.3, -0.25) is 9.78 Å². The van der Waals surface area contributed by atoms with Gasteiger partial charge in [-0.15, -0.1) is 0 Å². The zero-order chi connectivity index (χ0) is 18.4. The lowest BCUT2D eigenvalue weighted by atomic mass is 10.1. The van der Waals surface area contributed by atoms with Crippen LogP contribution >= 0.6 is 0 Å². The Hall–Kier alpha value is -3.34. The van der Waals surface area contributed by atoms with Gasteiger partial charge in [0, 0.05) is 30.2 Å². The quantitative estimate of drug-likeness (QED) is 0.688. The monoisotopic (exact) mass is 347 g/mol. The zero-order valence-corrected chi connectivity index (χ0v) is 14.8. The molecule has 1 amide bonds. The molecule has 1 unspecified atom stereocenters. The molecule has 5 heteroatoms. The molecule has 0 saturated carbocycles. The number of nitrogens with one attached hydrogen (secondary N) is 2. The average molecular weight is 347 g/mol. The number of ether oxygens (including phenoxy) is 1. The topological polar surface area (TPSA) is 63.2 Å². The van der Waals surface area contributed by atoms with Gasteiger partial charge < -0.3 is 15.4 Å². The molecule has 0 radical (unpaired) electrons. The van der Waals surface area contributed by atoms with Gasteiger partial charge in [0.2, 0.25) is 0 Å². The molecular weight excluding hydrogens is 326 g/mol. The molecule has 0 bridgehead atoms. The van der Waals surface area contributed by atoms with Crippen LogP contribution in [-0.4, -0.2) is 18.0 Å². The number of amides is 1. The minimum atomic E-state index is -0.221. The third kappa shape index (κ3) is 4.39. The number of rotatable bonds is 6. The second kappa shape index (κ2) is 8.16. The molecule has 1 heterocycles. The maximum atomic E-state index is 12.5. The molecule has 0 aliphatic rings. The summed E-state index contributed by atoms with van der Waals surface area (Å²) in [5, 5.41) is 6.23. The van der Waals surface area contributed by atoms with Crippen molar-refractivity contribution in [3.63, 3.8) is 0 Å². The van der Waals surface area contributed by atoms with Gasteiger partial charge in [-0.05, 0) is 30.7 Å². The normalized spacial score (nSPS) is 11.5. The molecule has 132 valence electrons. The number of carbonyl (C=O) groups is 1. The highest BCUT2D eigenvalue weighted by Crippen LogP contribution is 2.20. The van der Waals surface area contributed by atoms with E-state index in [-0.39, 0.29) is 11.9 Å². The summed E-state index contributed by atoms with van der Waals surface area (Å²) in [6.07, 6.45) is 3.26. The Morgan fingerprint density at radius 3 is 2.58 bits per heavy atom. The number of pyridine rings is 1. The Morgan fingerprint density at radius 1 is 1.00 bits per heavy atom. The van der Waals surface area contributed by atoms with Crippen LogP contribution in [0.5, 0.6) is 5.75 Å². The van der Waals surface area contributed by atoms with Gasteiger partial charge in [0.1, 0.15) is 5.75 Å². The average Bonchev–Trinajstić information content (AvgIpc) is 2.69. The first-order valence-corrected chi connectivity index (χ1v) is 8.37. The molecular formula is C21H21N3O2. The molecule has 0 fully saturated rings. The van der Waals surface area contributed by atoms with Crippen LogP contribution in [0.25, 0.3) is 0 Å². The van der Waals surface area contributed by atoms with Crippen LogP contribution in [0.3, 0.4) is 0 Å². The van der Waals surface area contributed by atoms with E-state index in [0.717, 1.165) is 5.69 Å². The fraction of sp³-hybridized carbons (Fsp3) is 0.143. The minimum absolute atomic E-state index is 0.106. The largest absolute Gasteiger partial charge is 0.497 e. The highest BCUT2D eigenvalue weighted by molar-refractivity contribution is 6.04. The van der Waals surface area contributed by atoms with E-state index in [1.54, 1.807) is 31.6 Å². The Kier molecular flexibility index (Phi) is 5.49. The van der Waals surface area contributed by atoms with Gasteiger partial charge in [0.25, 0.3) is 5.91 Å². The predicted molar refractivity (Wildman–Crippen MR) is 104 cm³/mol. The van der Waals surface area contributed by atoms with Gasteiger partial charge >= 0.3 is 0 Å². The summed E-state index contributed by atoms with van der Waals surface area (Å²) in [6, 6.07) is 19.2. The van der Waals surface area contributed by atoms with Crippen LogP contribution in [0.1, 0.15) is 28.9 Å². The first kappa shape index (κ1) is 17.5. The molecule has 3 rings (SSSR count). The molecule has 3 aromatic rings. The van der Waals surface area contributed by atoms with Gasteiger partial charge in [-0.25, -0.2) is 0 Å². The van der Waals surface area contributed by atoms with E-state index in [1.807, 2.05) is 36.4 Å². The third-order valence-electron chi connectivity index (χ3n) is 4.01. The summed E-state index contributed by atoms with van der Waals surface area (Å²) in [5.41, 5.74) is 3.11. The molecule has 1 aromatic heterocycles. The summed E-state index contributed by atoms with van der Waals surface area (Å²) in [7, 11) is 1.59. The third-order valence-corrected chi connectivity index (χ3v) is 4.01. The maximum absolute atomic E-state index is 12.5. The SMILES string of the molecule is COc1cccc(NC(=O)c2cncc(NC(C)c3ccccc3)c2)c1. The summed E-state index contributed by atoms with van der Waals surface area (Å²) in [4.78, 5) is 16.7. The van der Waals surface area contributed by atoms with Crippen molar-refractivity contribution in [3.05, 3.63) is 84.2 Å². The van der Waals surface area contributed by atoms with Gasteiger partial charge in [0.05, 0.1) is 18.4 Å². The predicted octanol–water partition coefficient (Wildman–Crippen LogP) is 4.52. The molecule has 5 nitrogen and oxygen atoms in total. The fourth-order valence-electron chi connectivity index (χ4n) is 2.62. The van der Waals surface area contributed by atoms with Crippen LogP contribution in [0.15, 0.2) is 73.1 Å². The second-order valence-electron chi connectivity index (χ2n) is 5.93. The van der Waals surface area contributed by atoms with E-state index in [0.29, 0.717) is 17.0 Å². The van der Waals surface area contributed by atoms with Crippen molar-refractivity contribution in [1.82, 2.24) is 4.98 Å². The number of hydrogen-bond donors (Lipinski definition) is 2. The Balaban J connectivity index is 1.71. The number of anilines is 2. The molecule has 2 aromatic carbocycles. The summed E-state index contributed by atoms with van der Waals surface area (Å²) in [5.74, 6) is 0.467. The van der Waals surface area contributed by atoms with E-state index in [2.05, 4.69) is 34.7 Å². The van der Waals surface area contributed by atoms with Crippen molar-refractivity contribution < 1.29 is 9.53 Å². The smallest absolute Gasteiger partial charge is 0.257 e. The number of methoxy groups -OCH3 is 1. The molecule has 26 heavy (non-hydrogen) atoms. The van der Waals surface area contributed by atoms with E-state index in [4.69, 9.17) is 4.74 Å². The van der Waals surface area contributed by atoms with Crippen molar-refractivity contribution >= 4 is 17.3 Å². The van der Waals surface area contributed by atoms with Crippen LogP contribution in [0, 0.1) is 0 Å². The van der Waals surface area contributed by atoms with Crippen molar-refractivity contribution in [3.8, 4) is 5.75 Å². The fourth-order valence-corrected chi connectivity index (χ4v) is 2.62. The van der Waals surface area contributed by atoms with Gasteiger partial charge in [-0.1, -0.05) is 36.4 Å². The summed E-state index contributed by atoms with van der Waals surface area (Å²) < 4.78 is 5.17. The molecule has 0 saturated heterocycles. The van der Waals surface area contributed by atoms with Gasteiger partial charge in [0.15, 0.2) is 0 Å². The van der Waals surface area contributed by atoms with E-state index in [1.165, 1.54) is 5.56 Å². The zero-order valence-electron chi connectivity index (χ0n) is 14.8. The number of carbonyl (C=O) groups excluding carboxylic acids is 1. The highest BCUT2D eigenvalue weighted by Gasteiger charge is 2.10. The van der Waals surface area contributed by atoms with Crippen molar-refractivity contribution in [1.29, 1.82) is 0 Å². The lowest BCUT2D eigenvalue weighted by Gasteiger charge is -2.16. The Bertz CT molecular complexity index is 881. The van der Waals surface area contributed by atoms with Crippen molar-refractivity contribution in [2.24, 2.45) is 0 Å². The van der Waals surface area contributed by atoms with Crippen LogP contribution < -0.4 is 15.4 Å². The van der Waals surface area contributed by atoms with Crippen LogP contribution in [0.2, 0.25) is 0 Å². The van der Waals surface area contributed by atoms with Crippen molar-refractivity contribution in [2.75, 3.05) is 17.7 Å². The number of benzene rings is 2. The first-order chi connectivity index (χ1) is 12.7. The first-order valence-electron chi connectivity index (χ1n) is 8.37. The van der Waals surface area contributed by atoms with E-state index in [9.17, 15) is 4.79 Å². The lowest BCUT2D eigenvalue weighted by Crippen LogP contribution is -2.13. The molecule has 0 aliphatic heterocycles. The Morgan fingerprint density at radius 2 is 1.81 bits per heavy atom. The van der Waals surface area contributed by atoms with Crippen LogP contribution in [-0.2, 0) is 0 Å². The van der Waals surface area contributed by atoms with Crippen molar-refractivity contribution in [2.45, 2.75) is 13.0 Å². The lowest BCUT2D eigenvalue weighted by molar-refractivity contribution is 0.102. The highest BCUT2D eigenvalue weighted by atomic mass is 16.5. The number of nitrogens with zero attached hydrogens (tertiary/aromatic N) is 1. The number of hydrogen-bond acceptors (Lipinski definition) is 4. The number of aromatic nitrogens is 1. The van der Waals surface area contributed by atoms with E-state index >= 15 is 0 Å².